The van der Waals surface area contributed by atoms with Gasteiger partial charge in [-0.15, -0.1) is 0 Å². The molecular formula is C22H30N4O3. The number of piperidine rings is 1. The lowest BCUT2D eigenvalue weighted by molar-refractivity contribution is -0.123. The third kappa shape index (κ3) is 4.29. The minimum atomic E-state index is -0.0580. The minimum absolute atomic E-state index is 0.0385. The van der Waals surface area contributed by atoms with Crippen molar-refractivity contribution in [2.75, 3.05) is 37.6 Å². The van der Waals surface area contributed by atoms with Crippen LogP contribution in [-0.4, -0.2) is 61.4 Å². The van der Waals surface area contributed by atoms with E-state index in [1.165, 1.54) is 0 Å². The summed E-state index contributed by atoms with van der Waals surface area (Å²) in [6, 6.07) is 5.61. The first-order valence-electron chi connectivity index (χ1n) is 10.7. The topological polar surface area (TPSA) is 81.8 Å². The third-order valence-corrected chi connectivity index (χ3v) is 6.35. The highest BCUT2D eigenvalue weighted by Crippen LogP contribution is 2.29. The fraction of sp³-hybridized carbons (Fsp3) is 0.591. The first-order chi connectivity index (χ1) is 14.0. The molecule has 7 nitrogen and oxygen atoms in total. The van der Waals surface area contributed by atoms with Gasteiger partial charge in [0.1, 0.15) is 0 Å². The van der Waals surface area contributed by atoms with Gasteiger partial charge in [0, 0.05) is 44.4 Å². The Morgan fingerprint density at radius 2 is 2.03 bits per heavy atom. The molecule has 0 aromatic heterocycles. The van der Waals surface area contributed by atoms with Crippen LogP contribution in [0.15, 0.2) is 18.2 Å². The minimum Gasteiger partial charge on any atom is -0.354 e. The lowest BCUT2D eigenvalue weighted by Crippen LogP contribution is -2.46. The van der Waals surface area contributed by atoms with E-state index >= 15 is 0 Å². The number of nitrogens with zero attached hydrogens (tertiary/aromatic N) is 2. The number of amides is 3. The summed E-state index contributed by atoms with van der Waals surface area (Å²) in [4.78, 5) is 40.7. The van der Waals surface area contributed by atoms with E-state index in [4.69, 9.17) is 0 Å². The Hall–Kier alpha value is -2.41. The fourth-order valence-electron chi connectivity index (χ4n) is 4.74. The summed E-state index contributed by atoms with van der Waals surface area (Å²) in [5.74, 6) is 0.458. The van der Waals surface area contributed by atoms with Gasteiger partial charge in [0.25, 0.3) is 5.91 Å². The van der Waals surface area contributed by atoms with Crippen LogP contribution < -0.4 is 15.5 Å². The summed E-state index contributed by atoms with van der Waals surface area (Å²) in [5, 5.41) is 6.29. The molecule has 4 rings (SSSR count). The summed E-state index contributed by atoms with van der Waals surface area (Å²) in [5.41, 5.74) is 2.68. The summed E-state index contributed by atoms with van der Waals surface area (Å²) in [7, 11) is 0. The predicted octanol–water partition coefficient (Wildman–Crippen LogP) is 1.32. The molecule has 2 atom stereocenters. The molecule has 0 bridgehead atoms. The number of likely N-dealkylation sites (tertiary alicyclic amines) is 1. The molecule has 1 aromatic carbocycles. The van der Waals surface area contributed by atoms with E-state index in [1.807, 2.05) is 23.1 Å². The van der Waals surface area contributed by atoms with Gasteiger partial charge in [-0.2, -0.15) is 0 Å². The Kier molecular flexibility index (Phi) is 5.85. The molecule has 2 N–H and O–H groups in total. The second-order valence-corrected chi connectivity index (χ2v) is 8.42. The normalized spacial score (nSPS) is 23.8. The zero-order valence-electron chi connectivity index (χ0n) is 17.1. The van der Waals surface area contributed by atoms with Crippen LogP contribution in [-0.2, 0) is 16.0 Å². The molecule has 1 aromatic rings. The number of hydrogen-bond donors (Lipinski definition) is 2. The number of benzene rings is 1. The molecule has 156 valence electrons. The van der Waals surface area contributed by atoms with Crippen molar-refractivity contribution in [3.8, 4) is 0 Å². The Bertz CT molecular complexity index is 803. The van der Waals surface area contributed by atoms with Crippen LogP contribution in [0.25, 0.3) is 0 Å². The zero-order valence-corrected chi connectivity index (χ0v) is 17.1. The molecule has 3 aliphatic rings. The van der Waals surface area contributed by atoms with Gasteiger partial charge in [-0.05, 0) is 68.3 Å². The highest BCUT2D eigenvalue weighted by molar-refractivity contribution is 5.98. The monoisotopic (exact) mass is 398 g/mol. The Morgan fingerprint density at radius 3 is 2.79 bits per heavy atom. The number of nitrogens with one attached hydrogen (secondary N) is 2. The van der Waals surface area contributed by atoms with Crippen molar-refractivity contribution in [3.63, 3.8) is 0 Å². The molecule has 3 heterocycles. The number of carbonyl (C=O) groups is 3. The fourth-order valence-corrected chi connectivity index (χ4v) is 4.74. The van der Waals surface area contributed by atoms with Gasteiger partial charge in [0.05, 0.1) is 6.04 Å². The second-order valence-electron chi connectivity index (χ2n) is 8.42. The maximum atomic E-state index is 13.1. The second kappa shape index (κ2) is 8.53. The van der Waals surface area contributed by atoms with Crippen LogP contribution in [0.2, 0.25) is 0 Å². The van der Waals surface area contributed by atoms with Crippen LogP contribution >= 0.6 is 0 Å². The zero-order chi connectivity index (χ0) is 20.4. The number of hydrogen-bond acceptors (Lipinski definition) is 4. The molecule has 3 amide bonds. The van der Waals surface area contributed by atoms with Crippen LogP contribution in [0, 0.1) is 5.92 Å². The van der Waals surface area contributed by atoms with Gasteiger partial charge in [-0.3, -0.25) is 14.4 Å². The van der Waals surface area contributed by atoms with Gasteiger partial charge in [0.15, 0.2) is 0 Å². The number of rotatable bonds is 4. The average molecular weight is 399 g/mol. The number of carbonyl (C=O) groups excluding carboxylic acids is 3. The SMILES string of the molecule is CC(=O)N1CCc2cc(C(=O)N3CCCC(CNC(=O)C4CCCN4)C3)ccc21. The van der Waals surface area contributed by atoms with E-state index in [1.54, 1.807) is 11.8 Å². The van der Waals surface area contributed by atoms with Gasteiger partial charge < -0.3 is 20.4 Å². The number of fused-ring (bicyclic) bond motifs is 1. The largest absolute Gasteiger partial charge is 0.354 e. The van der Waals surface area contributed by atoms with Crippen molar-refractivity contribution in [2.24, 2.45) is 5.92 Å². The average Bonchev–Trinajstić information content (AvgIpc) is 3.41. The van der Waals surface area contributed by atoms with Gasteiger partial charge in [-0.1, -0.05) is 0 Å². The van der Waals surface area contributed by atoms with E-state index in [9.17, 15) is 14.4 Å². The van der Waals surface area contributed by atoms with E-state index in [-0.39, 0.29) is 23.8 Å². The molecule has 0 spiro atoms. The van der Waals surface area contributed by atoms with Gasteiger partial charge in [-0.25, -0.2) is 0 Å². The first-order valence-corrected chi connectivity index (χ1v) is 10.7. The maximum absolute atomic E-state index is 13.1. The standard InChI is InChI=1S/C22H30N4O3/c1-15(27)26-11-8-17-12-18(6-7-20(17)26)22(29)25-10-3-4-16(14-25)13-24-21(28)19-5-2-9-23-19/h6-7,12,16,19,23H,2-5,8-11,13-14H2,1H3,(H,24,28). The molecule has 2 fully saturated rings. The molecule has 0 aliphatic carbocycles. The van der Waals surface area contributed by atoms with E-state index < -0.39 is 0 Å². The molecular weight excluding hydrogens is 368 g/mol. The molecule has 0 radical (unpaired) electrons. The first kappa shape index (κ1) is 19.9. The molecule has 0 saturated carbocycles. The van der Waals surface area contributed by atoms with Gasteiger partial charge >= 0.3 is 0 Å². The van der Waals surface area contributed by atoms with Crippen molar-refractivity contribution in [2.45, 2.75) is 45.1 Å². The van der Waals surface area contributed by atoms with Crippen molar-refractivity contribution >= 4 is 23.4 Å². The Labute approximate surface area is 171 Å². The predicted molar refractivity (Wildman–Crippen MR) is 111 cm³/mol. The molecule has 7 heteroatoms. The Balaban J connectivity index is 1.35. The summed E-state index contributed by atoms with van der Waals surface area (Å²) in [6.45, 7) is 5.22. The van der Waals surface area contributed by atoms with E-state index in [0.717, 1.165) is 56.4 Å². The van der Waals surface area contributed by atoms with E-state index in [0.29, 0.717) is 31.1 Å². The summed E-state index contributed by atoms with van der Waals surface area (Å²) >= 11 is 0. The molecule has 29 heavy (non-hydrogen) atoms. The lowest BCUT2D eigenvalue weighted by atomic mass is 9.96. The Morgan fingerprint density at radius 1 is 1.17 bits per heavy atom. The smallest absolute Gasteiger partial charge is 0.253 e. The lowest BCUT2D eigenvalue weighted by Gasteiger charge is -2.33. The molecule has 2 saturated heterocycles. The molecule has 2 unspecified atom stereocenters. The van der Waals surface area contributed by atoms with Crippen molar-refractivity contribution in [1.82, 2.24) is 15.5 Å². The van der Waals surface area contributed by atoms with Crippen LogP contribution in [0.3, 0.4) is 0 Å². The molecule has 3 aliphatic heterocycles. The van der Waals surface area contributed by atoms with Crippen molar-refractivity contribution in [3.05, 3.63) is 29.3 Å². The van der Waals surface area contributed by atoms with Crippen LogP contribution in [0.4, 0.5) is 5.69 Å². The maximum Gasteiger partial charge on any atom is 0.253 e. The van der Waals surface area contributed by atoms with Crippen molar-refractivity contribution in [1.29, 1.82) is 0 Å². The number of anilines is 1. The van der Waals surface area contributed by atoms with Gasteiger partial charge in [0.2, 0.25) is 11.8 Å². The van der Waals surface area contributed by atoms with Crippen LogP contribution in [0.1, 0.15) is 48.5 Å². The third-order valence-electron chi connectivity index (χ3n) is 6.35. The van der Waals surface area contributed by atoms with Crippen LogP contribution in [0.5, 0.6) is 0 Å². The van der Waals surface area contributed by atoms with Crippen molar-refractivity contribution < 1.29 is 14.4 Å². The summed E-state index contributed by atoms with van der Waals surface area (Å²) < 4.78 is 0. The highest BCUT2D eigenvalue weighted by Gasteiger charge is 2.28. The highest BCUT2D eigenvalue weighted by atomic mass is 16.2. The quantitative estimate of drug-likeness (QED) is 0.801. The van der Waals surface area contributed by atoms with E-state index in [2.05, 4.69) is 10.6 Å². The summed E-state index contributed by atoms with van der Waals surface area (Å²) in [6.07, 6.45) is 4.73.